The van der Waals surface area contributed by atoms with Crippen molar-refractivity contribution in [2.75, 3.05) is 12.8 Å². The molecule has 0 aliphatic carbocycles. The van der Waals surface area contributed by atoms with Gasteiger partial charge in [-0.2, -0.15) is 0 Å². The summed E-state index contributed by atoms with van der Waals surface area (Å²) in [6.07, 6.45) is 3.31. The van der Waals surface area contributed by atoms with Crippen LogP contribution < -0.4 is 5.32 Å². The van der Waals surface area contributed by atoms with E-state index in [-0.39, 0.29) is 0 Å². The van der Waals surface area contributed by atoms with E-state index in [1.54, 1.807) is 0 Å². The topological polar surface area (TPSA) is 29.3 Å². The molecule has 0 saturated heterocycles. The Balaban J connectivity index is 2.27. The minimum Gasteiger partial charge on any atom is -0.314 e. The van der Waals surface area contributed by atoms with E-state index >= 15 is 0 Å². The highest BCUT2D eigenvalue weighted by Crippen LogP contribution is 2.26. The summed E-state index contributed by atoms with van der Waals surface area (Å²) >= 11 is 1.87. The zero-order valence-electron chi connectivity index (χ0n) is 11.3. The first kappa shape index (κ1) is 13.4. The van der Waals surface area contributed by atoms with Crippen LogP contribution in [-0.2, 0) is 6.54 Å². The van der Waals surface area contributed by atoms with Crippen molar-refractivity contribution in [2.24, 2.45) is 5.92 Å². The monoisotopic (exact) mass is 263 g/mol. The van der Waals surface area contributed by atoms with Gasteiger partial charge in [-0.1, -0.05) is 26.3 Å². The Bertz CT molecular complexity index is 507. The number of rotatable bonds is 6. The maximum Gasteiger partial charge on any atom is 0.138 e. The van der Waals surface area contributed by atoms with Crippen LogP contribution in [0.4, 0.5) is 0 Å². The lowest BCUT2D eigenvalue weighted by molar-refractivity contribution is 0.636. The first-order chi connectivity index (χ1) is 8.76. The van der Waals surface area contributed by atoms with Crippen LogP contribution in [0.2, 0.25) is 0 Å². The van der Waals surface area contributed by atoms with Crippen LogP contribution >= 0.6 is 11.8 Å². The van der Waals surface area contributed by atoms with Crippen molar-refractivity contribution in [2.45, 2.75) is 31.8 Å². The average Bonchev–Trinajstić information content (AvgIpc) is 2.75. The molecule has 0 spiro atoms. The molecule has 2 aromatic heterocycles. The SMILES string of the molecule is CCC(C)CSc1nc2ccccn2c1CNC. The van der Waals surface area contributed by atoms with Crippen LogP contribution in [0, 0.1) is 5.92 Å². The van der Waals surface area contributed by atoms with Gasteiger partial charge in [0.1, 0.15) is 10.7 Å². The quantitative estimate of drug-likeness (QED) is 0.812. The number of nitrogens with one attached hydrogen (secondary N) is 1. The van der Waals surface area contributed by atoms with E-state index in [0.29, 0.717) is 0 Å². The first-order valence-corrected chi connectivity index (χ1v) is 7.48. The Hall–Kier alpha value is -1.00. The highest BCUT2D eigenvalue weighted by atomic mass is 32.2. The van der Waals surface area contributed by atoms with Gasteiger partial charge < -0.3 is 9.72 Å². The number of fused-ring (bicyclic) bond motifs is 1. The molecule has 0 fully saturated rings. The summed E-state index contributed by atoms with van der Waals surface area (Å²) in [5, 5.41) is 4.39. The van der Waals surface area contributed by atoms with E-state index in [0.717, 1.165) is 28.9 Å². The molecule has 1 atom stereocenters. The summed E-state index contributed by atoms with van der Waals surface area (Å²) in [4.78, 5) is 4.72. The zero-order valence-corrected chi connectivity index (χ0v) is 12.1. The molecule has 0 saturated carbocycles. The highest BCUT2D eigenvalue weighted by molar-refractivity contribution is 7.99. The second-order valence-electron chi connectivity index (χ2n) is 4.65. The minimum atomic E-state index is 0.738. The van der Waals surface area contributed by atoms with Gasteiger partial charge in [0.2, 0.25) is 0 Å². The number of nitrogens with zero attached hydrogens (tertiary/aromatic N) is 2. The summed E-state index contributed by atoms with van der Waals surface area (Å²) < 4.78 is 2.18. The predicted octanol–water partition coefficient (Wildman–Crippen LogP) is 3.19. The van der Waals surface area contributed by atoms with Crippen molar-refractivity contribution < 1.29 is 0 Å². The van der Waals surface area contributed by atoms with Gasteiger partial charge in [-0.3, -0.25) is 0 Å². The predicted molar refractivity (Wildman–Crippen MR) is 78.1 cm³/mol. The molecule has 2 heterocycles. The molecule has 0 radical (unpaired) electrons. The van der Waals surface area contributed by atoms with Crippen molar-refractivity contribution in [1.82, 2.24) is 14.7 Å². The van der Waals surface area contributed by atoms with E-state index in [9.17, 15) is 0 Å². The fourth-order valence-electron chi connectivity index (χ4n) is 1.81. The zero-order chi connectivity index (χ0) is 13.0. The molecule has 0 bridgehead atoms. The number of pyridine rings is 1. The van der Waals surface area contributed by atoms with Crippen molar-refractivity contribution >= 4 is 17.4 Å². The van der Waals surface area contributed by atoms with E-state index in [1.807, 2.05) is 24.9 Å². The van der Waals surface area contributed by atoms with Crippen LogP contribution in [0.5, 0.6) is 0 Å². The molecule has 98 valence electrons. The second-order valence-corrected chi connectivity index (χ2v) is 5.66. The number of hydrogen-bond acceptors (Lipinski definition) is 3. The molecule has 0 aromatic carbocycles. The molecule has 1 N–H and O–H groups in total. The van der Waals surface area contributed by atoms with Crippen LogP contribution in [0.25, 0.3) is 5.65 Å². The van der Waals surface area contributed by atoms with E-state index in [2.05, 4.69) is 41.9 Å². The van der Waals surface area contributed by atoms with Crippen LogP contribution in [0.3, 0.4) is 0 Å². The minimum absolute atomic E-state index is 0.738. The van der Waals surface area contributed by atoms with Gasteiger partial charge in [0.05, 0.1) is 5.69 Å². The third-order valence-electron chi connectivity index (χ3n) is 3.14. The highest BCUT2D eigenvalue weighted by Gasteiger charge is 2.12. The molecule has 18 heavy (non-hydrogen) atoms. The third-order valence-corrected chi connectivity index (χ3v) is 4.47. The third kappa shape index (κ3) is 2.87. The van der Waals surface area contributed by atoms with Gasteiger partial charge in [0.15, 0.2) is 0 Å². The second kappa shape index (κ2) is 6.25. The normalized spacial score (nSPS) is 13.1. The Morgan fingerprint density at radius 1 is 1.44 bits per heavy atom. The number of aromatic nitrogens is 2. The molecular formula is C14H21N3S. The molecule has 0 aliphatic heterocycles. The fraction of sp³-hybridized carbons (Fsp3) is 0.500. The van der Waals surface area contributed by atoms with Crippen molar-refractivity contribution in [1.29, 1.82) is 0 Å². The first-order valence-electron chi connectivity index (χ1n) is 6.49. The lowest BCUT2D eigenvalue weighted by Crippen LogP contribution is -2.08. The van der Waals surface area contributed by atoms with E-state index in [4.69, 9.17) is 4.98 Å². The van der Waals surface area contributed by atoms with Gasteiger partial charge in [-0.25, -0.2) is 4.98 Å². The smallest absolute Gasteiger partial charge is 0.138 e. The fourth-order valence-corrected chi connectivity index (χ4v) is 2.98. The Kier molecular flexibility index (Phi) is 4.66. The number of thioether (sulfide) groups is 1. The summed E-state index contributed by atoms with van der Waals surface area (Å²) in [7, 11) is 1.98. The summed E-state index contributed by atoms with van der Waals surface area (Å²) in [5.74, 6) is 1.87. The average molecular weight is 263 g/mol. The molecule has 2 aromatic rings. The van der Waals surface area contributed by atoms with Gasteiger partial charge in [-0.05, 0) is 25.1 Å². The Morgan fingerprint density at radius 3 is 3.00 bits per heavy atom. The number of hydrogen-bond donors (Lipinski definition) is 1. The standard InChI is InChI=1S/C14H21N3S/c1-4-11(2)10-18-14-12(9-15-3)17-8-6-5-7-13(17)16-14/h5-8,11,15H,4,9-10H2,1-3H3. The molecule has 0 aliphatic rings. The molecular weight excluding hydrogens is 242 g/mol. The molecule has 3 nitrogen and oxygen atoms in total. The Labute approximate surface area is 113 Å². The maximum atomic E-state index is 4.72. The lowest BCUT2D eigenvalue weighted by Gasteiger charge is -2.07. The van der Waals surface area contributed by atoms with Crippen LogP contribution in [0.1, 0.15) is 26.0 Å². The summed E-state index contributed by atoms with van der Waals surface area (Å²) in [6.45, 7) is 5.39. The van der Waals surface area contributed by atoms with E-state index in [1.165, 1.54) is 12.1 Å². The van der Waals surface area contributed by atoms with Gasteiger partial charge in [-0.15, -0.1) is 11.8 Å². The van der Waals surface area contributed by atoms with Crippen molar-refractivity contribution in [3.8, 4) is 0 Å². The van der Waals surface area contributed by atoms with Crippen molar-refractivity contribution in [3.05, 3.63) is 30.1 Å². The van der Waals surface area contributed by atoms with Gasteiger partial charge in [0, 0.05) is 18.5 Å². The number of imidazole rings is 1. The molecule has 1 unspecified atom stereocenters. The van der Waals surface area contributed by atoms with Gasteiger partial charge >= 0.3 is 0 Å². The molecule has 2 rings (SSSR count). The lowest BCUT2D eigenvalue weighted by atomic mass is 10.2. The largest absolute Gasteiger partial charge is 0.314 e. The van der Waals surface area contributed by atoms with E-state index < -0.39 is 0 Å². The van der Waals surface area contributed by atoms with Gasteiger partial charge in [0.25, 0.3) is 0 Å². The maximum absolute atomic E-state index is 4.72. The molecule has 0 amide bonds. The van der Waals surface area contributed by atoms with Crippen LogP contribution in [0.15, 0.2) is 29.4 Å². The van der Waals surface area contributed by atoms with Crippen LogP contribution in [-0.4, -0.2) is 22.2 Å². The van der Waals surface area contributed by atoms with Crippen molar-refractivity contribution in [3.63, 3.8) is 0 Å². The molecule has 4 heteroatoms. The summed E-state index contributed by atoms with van der Waals surface area (Å²) in [5.41, 5.74) is 2.30. The summed E-state index contributed by atoms with van der Waals surface area (Å²) in [6, 6.07) is 6.15. The Morgan fingerprint density at radius 2 is 2.28 bits per heavy atom.